The standard InChI is InChI=1S/C14H23BrN2O/c1-8-9(2)14(18-5)12(10(3)13(8)15)11(17-4)6-7-16/h11,17H,6-7,16H2,1-5H3. The first-order valence-electron chi connectivity index (χ1n) is 6.20. The van der Waals surface area contributed by atoms with Crippen LogP contribution < -0.4 is 15.8 Å². The number of nitrogens with one attached hydrogen (secondary N) is 1. The molecule has 1 unspecified atom stereocenters. The first-order valence-corrected chi connectivity index (χ1v) is 6.99. The summed E-state index contributed by atoms with van der Waals surface area (Å²) in [5.74, 6) is 0.973. The highest BCUT2D eigenvalue weighted by Crippen LogP contribution is 2.39. The Morgan fingerprint density at radius 2 is 1.83 bits per heavy atom. The van der Waals surface area contributed by atoms with Crippen LogP contribution >= 0.6 is 15.9 Å². The molecular formula is C14H23BrN2O. The number of ether oxygens (including phenoxy) is 1. The Labute approximate surface area is 118 Å². The smallest absolute Gasteiger partial charge is 0.127 e. The van der Waals surface area contributed by atoms with Gasteiger partial charge in [0.25, 0.3) is 0 Å². The van der Waals surface area contributed by atoms with Crippen molar-refractivity contribution in [2.24, 2.45) is 5.73 Å². The molecule has 0 bridgehead atoms. The number of hydrogen-bond donors (Lipinski definition) is 2. The Kier molecular flexibility index (Phi) is 5.63. The van der Waals surface area contributed by atoms with Crippen molar-refractivity contribution in [3.05, 3.63) is 26.7 Å². The van der Waals surface area contributed by atoms with Crippen LogP contribution in [0.2, 0.25) is 0 Å². The van der Waals surface area contributed by atoms with Gasteiger partial charge in [0, 0.05) is 16.1 Å². The van der Waals surface area contributed by atoms with E-state index in [4.69, 9.17) is 10.5 Å². The maximum atomic E-state index is 5.70. The van der Waals surface area contributed by atoms with Gasteiger partial charge >= 0.3 is 0 Å². The topological polar surface area (TPSA) is 47.3 Å². The van der Waals surface area contributed by atoms with E-state index in [1.165, 1.54) is 22.3 Å². The van der Waals surface area contributed by atoms with Crippen LogP contribution in [0.1, 0.15) is 34.7 Å². The fourth-order valence-electron chi connectivity index (χ4n) is 2.39. The van der Waals surface area contributed by atoms with Crippen LogP contribution in [0.3, 0.4) is 0 Å². The van der Waals surface area contributed by atoms with Crippen molar-refractivity contribution in [2.75, 3.05) is 20.7 Å². The van der Waals surface area contributed by atoms with Gasteiger partial charge in [0.1, 0.15) is 5.75 Å². The molecule has 0 fully saturated rings. The molecule has 1 aromatic rings. The second-order valence-corrected chi connectivity index (χ2v) is 5.35. The number of rotatable bonds is 5. The summed E-state index contributed by atoms with van der Waals surface area (Å²) >= 11 is 3.68. The predicted octanol–water partition coefficient (Wildman–Crippen LogP) is 2.99. The Hall–Kier alpha value is -0.580. The zero-order valence-corrected chi connectivity index (χ0v) is 13.4. The molecule has 0 saturated heterocycles. The lowest BCUT2D eigenvalue weighted by Gasteiger charge is -2.25. The Balaban J connectivity index is 3.49. The largest absolute Gasteiger partial charge is 0.496 e. The molecule has 0 aliphatic heterocycles. The molecule has 0 spiro atoms. The van der Waals surface area contributed by atoms with E-state index in [2.05, 4.69) is 42.0 Å². The Morgan fingerprint density at radius 3 is 2.28 bits per heavy atom. The van der Waals surface area contributed by atoms with Crippen LogP contribution in [-0.4, -0.2) is 20.7 Å². The van der Waals surface area contributed by atoms with Crippen molar-refractivity contribution >= 4 is 15.9 Å². The maximum Gasteiger partial charge on any atom is 0.127 e. The molecule has 4 heteroatoms. The minimum absolute atomic E-state index is 0.223. The van der Waals surface area contributed by atoms with E-state index in [-0.39, 0.29) is 6.04 Å². The van der Waals surface area contributed by atoms with Crippen LogP contribution in [0.4, 0.5) is 0 Å². The molecule has 1 aromatic carbocycles. The lowest BCUT2D eigenvalue weighted by molar-refractivity contribution is 0.395. The highest BCUT2D eigenvalue weighted by molar-refractivity contribution is 9.10. The number of halogens is 1. The van der Waals surface area contributed by atoms with Crippen molar-refractivity contribution in [2.45, 2.75) is 33.2 Å². The summed E-state index contributed by atoms with van der Waals surface area (Å²) in [6.45, 7) is 6.97. The zero-order valence-electron chi connectivity index (χ0n) is 11.9. The highest BCUT2D eigenvalue weighted by Gasteiger charge is 2.22. The Morgan fingerprint density at radius 1 is 1.22 bits per heavy atom. The summed E-state index contributed by atoms with van der Waals surface area (Å²) in [4.78, 5) is 0. The van der Waals surface area contributed by atoms with Crippen LogP contribution in [0.5, 0.6) is 5.75 Å². The minimum Gasteiger partial charge on any atom is -0.496 e. The van der Waals surface area contributed by atoms with Crippen LogP contribution in [0, 0.1) is 20.8 Å². The average molecular weight is 315 g/mol. The third-order valence-corrected chi connectivity index (χ3v) is 4.76. The van der Waals surface area contributed by atoms with Crippen molar-refractivity contribution in [1.29, 1.82) is 0 Å². The molecule has 102 valence electrons. The van der Waals surface area contributed by atoms with E-state index >= 15 is 0 Å². The molecule has 0 radical (unpaired) electrons. The second-order valence-electron chi connectivity index (χ2n) is 4.55. The lowest BCUT2D eigenvalue weighted by atomic mass is 9.92. The van der Waals surface area contributed by atoms with Crippen molar-refractivity contribution in [1.82, 2.24) is 5.32 Å². The number of hydrogen-bond acceptors (Lipinski definition) is 3. The molecule has 0 heterocycles. The molecule has 1 rings (SSSR count). The summed E-state index contributed by atoms with van der Waals surface area (Å²) in [5, 5.41) is 3.33. The average Bonchev–Trinajstić information content (AvgIpc) is 2.38. The van der Waals surface area contributed by atoms with Crippen LogP contribution in [0.15, 0.2) is 4.47 Å². The minimum atomic E-state index is 0.223. The zero-order chi connectivity index (χ0) is 13.9. The quantitative estimate of drug-likeness (QED) is 0.878. The maximum absolute atomic E-state index is 5.70. The lowest BCUT2D eigenvalue weighted by Crippen LogP contribution is -2.22. The molecule has 0 aliphatic carbocycles. The van der Waals surface area contributed by atoms with Gasteiger partial charge in [-0.25, -0.2) is 0 Å². The first-order chi connectivity index (χ1) is 8.49. The summed E-state index contributed by atoms with van der Waals surface area (Å²) in [6, 6.07) is 0.223. The van der Waals surface area contributed by atoms with E-state index in [1.807, 2.05) is 7.05 Å². The van der Waals surface area contributed by atoms with Gasteiger partial charge in [-0.1, -0.05) is 15.9 Å². The van der Waals surface area contributed by atoms with E-state index < -0.39 is 0 Å². The van der Waals surface area contributed by atoms with Gasteiger partial charge in [-0.05, 0) is 57.5 Å². The highest BCUT2D eigenvalue weighted by atomic mass is 79.9. The van der Waals surface area contributed by atoms with Crippen molar-refractivity contribution in [3.63, 3.8) is 0 Å². The molecular weight excluding hydrogens is 292 g/mol. The molecule has 18 heavy (non-hydrogen) atoms. The summed E-state index contributed by atoms with van der Waals surface area (Å²) in [7, 11) is 3.69. The van der Waals surface area contributed by atoms with E-state index in [0.29, 0.717) is 6.54 Å². The van der Waals surface area contributed by atoms with Gasteiger partial charge in [-0.15, -0.1) is 0 Å². The molecule has 1 atom stereocenters. The van der Waals surface area contributed by atoms with Crippen LogP contribution in [-0.2, 0) is 0 Å². The number of nitrogens with two attached hydrogens (primary N) is 1. The number of methoxy groups -OCH3 is 1. The van der Waals surface area contributed by atoms with Gasteiger partial charge in [-0.3, -0.25) is 0 Å². The van der Waals surface area contributed by atoms with Crippen molar-refractivity contribution in [3.8, 4) is 5.75 Å². The predicted molar refractivity (Wildman–Crippen MR) is 80.4 cm³/mol. The van der Waals surface area contributed by atoms with E-state index in [9.17, 15) is 0 Å². The molecule has 3 nitrogen and oxygen atoms in total. The SMILES string of the molecule is CNC(CCN)c1c(C)c(Br)c(C)c(C)c1OC. The Bertz CT molecular complexity index is 433. The third-order valence-electron chi connectivity index (χ3n) is 3.57. The molecule has 0 amide bonds. The normalized spacial score (nSPS) is 12.6. The monoisotopic (exact) mass is 314 g/mol. The van der Waals surface area contributed by atoms with E-state index in [0.717, 1.165) is 16.6 Å². The fraction of sp³-hybridized carbons (Fsp3) is 0.571. The molecule has 3 N–H and O–H groups in total. The van der Waals surface area contributed by atoms with Gasteiger partial charge in [0.15, 0.2) is 0 Å². The summed E-state index contributed by atoms with van der Waals surface area (Å²) < 4.78 is 6.78. The van der Waals surface area contributed by atoms with Gasteiger partial charge in [-0.2, -0.15) is 0 Å². The van der Waals surface area contributed by atoms with Crippen molar-refractivity contribution < 1.29 is 4.74 Å². The van der Waals surface area contributed by atoms with Gasteiger partial charge < -0.3 is 15.8 Å². The number of benzene rings is 1. The molecule has 0 aliphatic rings. The van der Waals surface area contributed by atoms with E-state index in [1.54, 1.807) is 7.11 Å². The first kappa shape index (κ1) is 15.5. The molecule has 0 aromatic heterocycles. The second kappa shape index (κ2) is 6.55. The van der Waals surface area contributed by atoms with Gasteiger partial charge in [0.2, 0.25) is 0 Å². The van der Waals surface area contributed by atoms with Crippen LogP contribution in [0.25, 0.3) is 0 Å². The third kappa shape index (κ3) is 2.71. The fourth-order valence-corrected chi connectivity index (χ4v) is 2.90. The summed E-state index contributed by atoms with van der Waals surface area (Å²) in [5.41, 5.74) is 10.5. The summed E-state index contributed by atoms with van der Waals surface area (Å²) in [6.07, 6.45) is 0.892. The molecule has 0 saturated carbocycles. The van der Waals surface area contributed by atoms with Gasteiger partial charge in [0.05, 0.1) is 7.11 Å².